The Morgan fingerprint density at radius 3 is 2.30 bits per heavy atom. The van der Waals surface area contributed by atoms with Crippen LogP contribution in [-0.4, -0.2) is 35.4 Å². The van der Waals surface area contributed by atoms with Gasteiger partial charge < -0.3 is 4.57 Å². The summed E-state index contributed by atoms with van der Waals surface area (Å²) in [5.74, 6) is -1.92. The zero-order valence-corrected chi connectivity index (χ0v) is 13.4. The molecular weight excluding hydrogens is 324 g/mol. The number of imidazole rings is 1. The van der Waals surface area contributed by atoms with Crippen LogP contribution in [0.15, 0.2) is 35.6 Å². The van der Waals surface area contributed by atoms with Gasteiger partial charge in [-0.2, -0.15) is 4.31 Å². The quantitative estimate of drug-likeness (QED) is 0.860. The van der Waals surface area contributed by atoms with Gasteiger partial charge in [-0.3, -0.25) is 0 Å². The second-order valence-corrected chi connectivity index (χ2v) is 7.53. The highest BCUT2D eigenvalue weighted by Crippen LogP contribution is 2.31. The Kier molecular flexibility index (Phi) is 4.20. The van der Waals surface area contributed by atoms with Gasteiger partial charge in [0.2, 0.25) is 10.0 Å². The van der Waals surface area contributed by atoms with Gasteiger partial charge in [0.15, 0.2) is 4.90 Å². The first kappa shape index (κ1) is 16.1. The van der Waals surface area contributed by atoms with E-state index in [1.165, 1.54) is 0 Å². The molecule has 1 aromatic heterocycles. The van der Waals surface area contributed by atoms with Crippen molar-refractivity contribution in [2.24, 2.45) is 7.05 Å². The molecule has 23 heavy (non-hydrogen) atoms. The summed E-state index contributed by atoms with van der Waals surface area (Å²) in [6.07, 6.45) is 4.65. The van der Waals surface area contributed by atoms with Crippen molar-refractivity contribution in [2.45, 2.75) is 23.7 Å². The number of halogens is 2. The van der Waals surface area contributed by atoms with Crippen LogP contribution in [0.4, 0.5) is 8.78 Å². The molecule has 1 fully saturated rings. The highest BCUT2D eigenvalue weighted by Gasteiger charge is 2.34. The van der Waals surface area contributed by atoms with Crippen LogP contribution in [0.1, 0.15) is 24.5 Å². The summed E-state index contributed by atoms with van der Waals surface area (Å²) in [6.45, 7) is 0.456. The third-order valence-corrected chi connectivity index (χ3v) is 6.19. The monoisotopic (exact) mass is 341 g/mol. The van der Waals surface area contributed by atoms with Crippen molar-refractivity contribution in [3.05, 3.63) is 48.1 Å². The van der Waals surface area contributed by atoms with E-state index in [1.54, 1.807) is 12.5 Å². The first-order valence-corrected chi connectivity index (χ1v) is 8.75. The Labute approximate surface area is 133 Å². The average Bonchev–Trinajstić information content (AvgIpc) is 2.93. The molecule has 8 heteroatoms. The number of hydrogen-bond acceptors (Lipinski definition) is 3. The molecule has 0 aliphatic carbocycles. The summed E-state index contributed by atoms with van der Waals surface area (Å²) >= 11 is 0. The van der Waals surface area contributed by atoms with Crippen LogP contribution in [0.5, 0.6) is 0 Å². The van der Waals surface area contributed by atoms with E-state index in [2.05, 4.69) is 4.98 Å². The van der Waals surface area contributed by atoms with E-state index in [4.69, 9.17) is 0 Å². The van der Waals surface area contributed by atoms with Gasteiger partial charge in [-0.05, 0) is 25.0 Å². The Morgan fingerprint density at radius 1 is 1.17 bits per heavy atom. The molecule has 0 atom stereocenters. The first-order chi connectivity index (χ1) is 10.9. The number of rotatable bonds is 3. The highest BCUT2D eigenvalue weighted by molar-refractivity contribution is 7.89. The van der Waals surface area contributed by atoms with E-state index in [1.807, 2.05) is 11.6 Å². The molecule has 1 saturated heterocycles. The molecule has 1 aliphatic rings. The molecule has 1 aliphatic heterocycles. The number of nitrogens with zero attached hydrogens (tertiary/aromatic N) is 3. The fourth-order valence-electron chi connectivity index (χ4n) is 3.01. The average molecular weight is 341 g/mol. The normalized spacial score (nSPS) is 17.5. The molecule has 2 heterocycles. The van der Waals surface area contributed by atoms with Crippen molar-refractivity contribution in [1.82, 2.24) is 13.9 Å². The predicted octanol–water partition coefficient (Wildman–Crippen LogP) is 2.27. The van der Waals surface area contributed by atoms with Gasteiger partial charge in [0.05, 0.1) is 6.33 Å². The zero-order valence-electron chi connectivity index (χ0n) is 12.6. The number of hydrogen-bond donors (Lipinski definition) is 0. The minimum absolute atomic E-state index is 0.194. The SMILES string of the molecule is Cn1cncc1C1CCN(S(=O)(=O)c2c(F)cccc2F)CC1. The molecule has 0 bridgehead atoms. The zero-order chi connectivity index (χ0) is 16.6. The Morgan fingerprint density at radius 2 is 1.78 bits per heavy atom. The smallest absolute Gasteiger partial charge is 0.248 e. The molecule has 124 valence electrons. The lowest BCUT2D eigenvalue weighted by Crippen LogP contribution is -2.38. The van der Waals surface area contributed by atoms with Crippen LogP contribution < -0.4 is 0 Å². The number of piperidine rings is 1. The van der Waals surface area contributed by atoms with Gasteiger partial charge in [0.25, 0.3) is 0 Å². The number of aryl methyl sites for hydroxylation is 1. The summed E-state index contributed by atoms with van der Waals surface area (Å²) in [5.41, 5.74) is 1.04. The van der Waals surface area contributed by atoms with Crippen molar-refractivity contribution in [2.75, 3.05) is 13.1 Å². The number of aromatic nitrogens is 2. The predicted molar refractivity (Wildman–Crippen MR) is 80.3 cm³/mol. The van der Waals surface area contributed by atoms with E-state index in [0.717, 1.165) is 28.2 Å². The van der Waals surface area contributed by atoms with E-state index in [9.17, 15) is 17.2 Å². The van der Waals surface area contributed by atoms with Crippen molar-refractivity contribution in [3.8, 4) is 0 Å². The molecule has 1 aromatic carbocycles. The van der Waals surface area contributed by atoms with Gasteiger partial charge >= 0.3 is 0 Å². The van der Waals surface area contributed by atoms with Gasteiger partial charge in [-0.15, -0.1) is 0 Å². The van der Waals surface area contributed by atoms with Crippen LogP contribution in [0.2, 0.25) is 0 Å². The molecule has 3 rings (SSSR count). The largest absolute Gasteiger partial charge is 0.337 e. The van der Waals surface area contributed by atoms with Gasteiger partial charge in [0, 0.05) is 37.9 Å². The summed E-state index contributed by atoms with van der Waals surface area (Å²) in [6, 6.07) is 3.06. The second-order valence-electron chi connectivity index (χ2n) is 5.66. The van der Waals surface area contributed by atoms with Crippen molar-refractivity contribution < 1.29 is 17.2 Å². The van der Waals surface area contributed by atoms with E-state index in [0.29, 0.717) is 12.8 Å². The molecule has 2 aromatic rings. The highest BCUT2D eigenvalue weighted by atomic mass is 32.2. The molecule has 0 radical (unpaired) electrons. The maximum Gasteiger partial charge on any atom is 0.248 e. The van der Waals surface area contributed by atoms with Crippen molar-refractivity contribution in [1.29, 1.82) is 0 Å². The number of benzene rings is 1. The van der Waals surface area contributed by atoms with E-state index >= 15 is 0 Å². The van der Waals surface area contributed by atoms with Crippen molar-refractivity contribution >= 4 is 10.0 Å². The molecule has 0 unspecified atom stereocenters. The lowest BCUT2D eigenvalue weighted by molar-refractivity contribution is 0.311. The summed E-state index contributed by atoms with van der Waals surface area (Å²) in [7, 11) is -2.28. The topological polar surface area (TPSA) is 55.2 Å². The summed E-state index contributed by atoms with van der Waals surface area (Å²) in [4.78, 5) is 3.21. The van der Waals surface area contributed by atoms with Crippen molar-refractivity contribution in [3.63, 3.8) is 0 Å². The van der Waals surface area contributed by atoms with E-state index < -0.39 is 26.6 Å². The second kappa shape index (κ2) is 6.01. The lowest BCUT2D eigenvalue weighted by atomic mass is 9.95. The summed E-state index contributed by atoms with van der Waals surface area (Å²) in [5, 5.41) is 0. The number of sulfonamides is 1. The molecular formula is C15H17F2N3O2S. The first-order valence-electron chi connectivity index (χ1n) is 7.31. The maximum absolute atomic E-state index is 13.8. The molecule has 0 spiro atoms. The van der Waals surface area contributed by atoms with Gasteiger partial charge in [0.1, 0.15) is 11.6 Å². The third-order valence-electron chi connectivity index (χ3n) is 4.24. The molecule has 0 N–H and O–H groups in total. The van der Waals surface area contributed by atoms with Gasteiger partial charge in [-0.1, -0.05) is 6.07 Å². The van der Waals surface area contributed by atoms with Crippen LogP contribution in [0.25, 0.3) is 0 Å². The van der Waals surface area contributed by atoms with Gasteiger partial charge in [-0.25, -0.2) is 22.2 Å². The Hall–Kier alpha value is -1.80. The van der Waals surface area contributed by atoms with Crippen LogP contribution in [0.3, 0.4) is 0 Å². The minimum Gasteiger partial charge on any atom is -0.337 e. The molecule has 5 nitrogen and oxygen atoms in total. The lowest BCUT2D eigenvalue weighted by Gasteiger charge is -2.31. The Bertz CT molecular complexity index is 792. The Balaban J connectivity index is 1.81. The molecule has 0 saturated carbocycles. The fraction of sp³-hybridized carbons (Fsp3) is 0.400. The maximum atomic E-state index is 13.8. The fourth-order valence-corrected chi connectivity index (χ4v) is 4.59. The van der Waals surface area contributed by atoms with Crippen LogP contribution in [0, 0.1) is 11.6 Å². The molecule has 0 amide bonds. The van der Waals surface area contributed by atoms with Crippen LogP contribution in [-0.2, 0) is 17.1 Å². The third kappa shape index (κ3) is 2.88. The van der Waals surface area contributed by atoms with E-state index in [-0.39, 0.29) is 19.0 Å². The summed E-state index contributed by atoms with van der Waals surface area (Å²) < 4.78 is 55.7. The standard InChI is InChI=1S/C15H17F2N3O2S/c1-19-10-18-9-14(19)11-5-7-20(8-6-11)23(21,22)15-12(16)3-2-4-13(15)17/h2-4,9-11H,5-8H2,1H3. The van der Waals surface area contributed by atoms with Crippen LogP contribution >= 0.6 is 0 Å². The minimum atomic E-state index is -4.16.